The average molecular weight is 291 g/mol. The van der Waals surface area contributed by atoms with E-state index in [1.54, 1.807) is 7.05 Å². The molecule has 1 unspecified atom stereocenters. The van der Waals surface area contributed by atoms with Crippen molar-refractivity contribution in [1.29, 1.82) is 0 Å². The Morgan fingerprint density at radius 2 is 1.95 bits per heavy atom. The molecular formula is C11H9F4N3S. The number of halogens is 4. The molecule has 0 aromatic carbocycles. The Balaban J connectivity index is 2.32. The molecular weight excluding hydrogens is 282 g/mol. The molecule has 2 heterocycles. The number of nitrogens with zero attached hydrogens (tertiary/aromatic N) is 2. The van der Waals surface area contributed by atoms with Gasteiger partial charge in [-0.15, -0.1) is 11.3 Å². The Hall–Kier alpha value is -1.54. The minimum atomic E-state index is -4.46. The summed E-state index contributed by atoms with van der Waals surface area (Å²) in [6.07, 6.45) is -2.29. The molecule has 0 radical (unpaired) electrons. The molecule has 1 atom stereocenters. The largest absolute Gasteiger partial charge is 0.443 e. The molecule has 0 saturated carbocycles. The first-order valence-corrected chi connectivity index (χ1v) is 6.05. The first kappa shape index (κ1) is 13.9. The Kier molecular flexibility index (Phi) is 3.81. The van der Waals surface area contributed by atoms with E-state index in [1.165, 1.54) is 12.1 Å². The van der Waals surface area contributed by atoms with Crippen molar-refractivity contribution in [3.63, 3.8) is 0 Å². The Morgan fingerprint density at radius 3 is 2.42 bits per heavy atom. The number of thiazole rings is 1. The first-order chi connectivity index (χ1) is 8.91. The van der Waals surface area contributed by atoms with Gasteiger partial charge in [0.05, 0.1) is 17.9 Å². The molecule has 2 aromatic rings. The summed E-state index contributed by atoms with van der Waals surface area (Å²) in [6.45, 7) is 0. The molecule has 0 aliphatic heterocycles. The minimum Gasteiger partial charge on any atom is -0.307 e. The van der Waals surface area contributed by atoms with E-state index in [9.17, 15) is 17.6 Å². The lowest BCUT2D eigenvalue weighted by molar-refractivity contribution is -0.137. The van der Waals surface area contributed by atoms with E-state index in [0.717, 1.165) is 12.4 Å². The van der Waals surface area contributed by atoms with Crippen molar-refractivity contribution >= 4 is 11.3 Å². The molecule has 19 heavy (non-hydrogen) atoms. The van der Waals surface area contributed by atoms with Gasteiger partial charge in [-0.05, 0) is 19.2 Å². The molecule has 0 saturated heterocycles. The number of alkyl halides is 3. The lowest BCUT2D eigenvalue weighted by Gasteiger charge is -2.13. The van der Waals surface area contributed by atoms with Crippen molar-refractivity contribution in [2.75, 3.05) is 7.05 Å². The number of aromatic nitrogens is 2. The van der Waals surface area contributed by atoms with Gasteiger partial charge in [0.25, 0.3) is 0 Å². The number of rotatable bonds is 3. The highest BCUT2D eigenvalue weighted by atomic mass is 32.1. The number of nitrogens with one attached hydrogen (secondary N) is 1. The van der Waals surface area contributed by atoms with Crippen molar-refractivity contribution in [2.24, 2.45) is 0 Å². The number of hydrogen-bond acceptors (Lipinski definition) is 4. The van der Waals surface area contributed by atoms with E-state index in [0.29, 0.717) is 21.9 Å². The third-order valence-electron chi connectivity index (χ3n) is 2.39. The van der Waals surface area contributed by atoms with Gasteiger partial charge < -0.3 is 5.32 Å². The predicted molar refractivity (Wildman–Crippen MR) is 62.2 cm³/mol. The van der Waals surface area contributed by atoms with Gasteiger partial charge in [0, 0.05) is 11.1 Å². The Labute approximate surface area is 110 Å². The van der Waals surface area contributed by atoms with Crippen LogP contribution in [0.25, 0.3) is 0 Å². The van der Waals surface area contributed by atoms with Crippen molar-refractivity contribution in [1.82, 2.24) is 15.3 Å². The molecule has 0 amide bonds. The predicted octanol–water partition coefficient (Wildman–Crippen LogP) is 3.00. The van der Waals surface area contributed by atoms with Crippen LogP contribution in [0.1, 0.15) is 21.6 Å². The third kappa shape index (κ3) is 3.07. The second-order valence-electron chi connectivity index (χ2n) is 3.69. The SMILES string of the molecule is CNC(c1ccc(F)cn1)c1cnc(C(F)(F)F)s1. The summed E-state index contributed by atoms with van der Waals surface area (Å²) >= 11 is 0.539. The molecule has 0 aliphatic carbocycles. The third-order valence-corrected chi connectivity index (χ3v) is 3.49. The van der Waals surface area contributed by atoms with E-state index in [1.807, 2.05) is 0 Å². The van der Waals surface area contributed by atoms with Crippen molar-refractivity contribution in [3.8, 4) is 0 Å². The quantitative estimate of drug-likeness (QED) is 0.883. The fraction of sp³-hybridized carbons (Fsp3) is 0.273. The van der Waals surface area contributed by atoms with E-state index in [2.05, 4.69) is 15.3 Å². The topological polar surface area (TPSA) is 37.8 Å². The molecule has 0 spiro atoms. The zero-order valence-electron chi connectivity index (χ0n) is 9.70. The molecule has 2 rings (SSSR count). The fourth-order valence-electron chi connectivity index (χ4n) is 1.55. The number of hydrogen-bond donors (Lipinski definition) is 1. The van der Waals surface area contributed by atoms with Gasteiger partial charge in [0.2, 0.25) is 0 Å². The van der Waals surface area contributed by atoms with Crippen LogP contribution in [0, 0.1) is 5.82 Å². The summed E-state index contributed by atoms with van der Waals surface area (Å²) in [7, 11) is 1.59. The highest BCUT2D eigenvalue weighted by Gasteiger charge is 2.35. The van der Waals surface area contributed by atoms with Crippen LogP contribution in [0.2, 0.25) is 0 Å². The molecule has 3 nitrogen and oxygen atoms in total. The lowest BCUT2D eigenvalue weighted by atomic mass is 10.1. The lowest BCUT2D eigenvalue weighted by Crippen LogP contribution is -2.17. The zero-order chi connectivity index (χ0) is 14.0. The van der Waals surface area contributed by atoms with Crippen LogP contribution in [-0.2, 0) is 6.18 Å². The molecule has 0 aliphatic rings. The number of pyridine rings is 1. The van der Waals surface area contributed by atoms with Crippen LogP contribution >= 0.6 is 11.3 Å². The van der Waals surface area contributed by atoms with Gasteiger partial charge in [-0.1, -0.05) is 0 Å². The molecule has 0 fully saturated rings. The van der Waals surface area contributed by atoms with Crippen LogP contribution in [0.15, 0.2) is 24.5 Å². The summed E-state index contributed by atoms with van der Waals surface area (Å²) in [4.78, 5) is 7.58. The van der Waals surface area contributed by atoms with Gasteiger partial charge in [0.15, 0.2) is 5.01 Å². The summed E-state index contributed by atoms with van der Waals surface area (Å²) < 4.78 is 50.2. The normalized spacial score (nSPS) is 13.5. The average Bonchev–Trinajstić information content (AvgIpc) is 2.82. The van der Waals surface area contributed by atoms with E-state index >= 15 is 0 Å². The van der Waals surface area contributed by atoms with Gasteiger partial charge in [-0.3, -0.25) is 4.98 Å². The zero-order valence-corrected chi connectivity index (χ0v) is 10.5. The van der Waals surface area contributed by atoms with Crippen LogP contribution < -0.4 is 5.32 Å². The van der Waals surface area contributed by atoms with Gasteiger partial charge in [-0.25, -0.2) is 9.37 Å². The highest BCUT2D eigenvalue weighted by molar-refractivity contribution is 7.11. The smallest absolute Gasteiger partial charge is 0.307 e. The highest BCUT2D eigenvalue weighted by Crippen LogP contribution is 2.35. The first-order valence-electron chi connectivity index (χ1n) is 5.23. The second kappa shape index (κ2) is 5.22. The monoisotopic (exact) mass is 291 g/mol. The second-order valence-corrected chi connectivity index (χ2v) is 4.75. The van der Waals surface area contributed by atoms with Gasteiger partial charge >= 0.3 is 6.18 Å². The van der Waals surface area contributed by atoms with Crippen LogP contribution in [-0.4, -0.2) is 17.0 Å². The van der Waals surface area contributed by atoms with Crippen LogP contribution in [0.3, 0.4) is 0 Å². The summed E-state index contributed by atoms with van der Waals surface area (Å²) in [5.74, 6) is -0.501. The maximum atomic E-state index is 12.8. The molecule has 102 valence electrons. The maximum Gasteiger partial charge on any atom is 0.443 e. The Bertz CT molecular complexity index is 550. The standard InChI is InChI=1S/C11H9F4N3S/c1-16-9(7-3-2-6(12)4-17-7)8-5-18-10(19-8)11(13,14)15/h2-5,9,16H,1H3. The van der Waals surface area contributed by atoms with Gasteiger partial charge in [0.1, 0.15) is 5.82 Å². The minimum absolute atomic E-state index is 0.369. The molecule has 1 N–H and O–H groups in total. The van der Waals surface area contributed by atoms with Crippen LogP contribution in [0.5, 0.6) is 0 Å². The summed E-state index contributed by atoms with van der Waals surface area (Å²) in [6, 6.07) is 2.08. The maximum absolute atomic E-state index is 12.8. The molecule has 0 bridgehead atoms. The molecule has 8 heteroatoms. The van der Waals surface area contributed by atoms with Crippen molar-refractivity contribution in [3.05, 3.63) is 45.9 Å². The van der Waals surface area contributed by atoms with E-state index in [4.69, 9.17) is 0 Å². The summed E-state index contributed by atoms with van der Waals surface area (Å²) in [5.41, 5.74) is 0.432. The van der Waals surface area contributed by atoms with Gasteiger partial charge in [-0.2, -0.15) is 13.2 Å². The Morgan fingerprint density at radius 1 is 1.21 bits per heavy atom. The summed E-state index contributed by atoms with van der Waals surface area (Å²) in [5, 5.41) is 1.92. The molecule has 2 aromatic heterocycles. The van der Waals surface area contributed by atoms with E-state index in [-0.39, 0.29) is 0 Å². The van der Waals surface area contributed by atoms with Crippen molar-refractivity contribution < 1.29 is 17.6 Å². The fourth-order valence-corrected chi connectivity index (χ4v) is 2.45. The van der Waals surface area contributed by atoms with E-state index < -0.39 is 23.0 Å². The van der Waals surface area contributed by atoms with Crippen molar-refractivity contribution in [2.45, 2.75) is 12.2 Å². The van der Waals surface area contributed by atoms with Crippen LogP contribution in [0.4, 0.5) is 17.6 Å².